The lowest BCUT2D eigenvalue weighted by Crippen LogP contribution is -2.23. The fourth-order valence-corrected chi connectivity index (χ4v) is 2.73. The smallest absolute Gasteiger partial charge is 0.253 e. The van der Waals surface area contributed by atoms with Crippen LogP contribution in [-0.4, -0.2) is 31.4 Å². The van der Waals surface area contributed by atoms with Crippen LogP contribution in [0.15, 0.2) is 48.5 Å². The molecule has 1 N–H and O–H groups in total. The third-order valence-electron chi connectivity index (χ3n) is 4.10. The van der Waals surface area contributed by atoms with Gasteiger partial charge in [0.15, 0.2) is 0 Å². The molecule has 0 spiro atoms. The number of carbonyl (C=O) groups excluding carboxylic acids is 1. The van der Waals surface area contributed by atoms with Gasteiger partial charge in [-0.25, -0.2) is 0 Å². The predicted molar refractivity (Wildman–Crippen MR) is 95.8 cm³/mol. The van der Waals surface area contributed by atoms with Gasteiger partial charge in [0, 0.05) is 25.7 Å². The Balaban J connectivity index is 1.93. The highest BCUT2D eigenvalue weighted by atomic mass is 16.2. The van der Waals surface area contributed by atoms with Gasteiger partial charge in [0.2, 0.25) is 0 Å². The normalized spacial score (nSPS) is 12.0. The van der Waals surface area contributed by atoms with Gasteiger partial charge in [0.25, 0.3) is 5.91 Å². The summed E-state index contributed by atoms with van der Waals surface area (Å²) in [5.41, 5.74) is 4.58. The summed E-state index contributed by atoms with van der Waals surface area (Å²) in [6, 6.07) is 16.7. The minimum Gasteiger partial charge on any atom is -0.345 e. The van der Waals surface area contributed by atoms with Crippen LogP contribution in [0.4, 0.5) is 0 Å². The van der Waals surface area contributed by atoms with E-state index in [1.807, 2.05) is 18.2 Å². The van der Waals surface area contributed by atoms with E-state index in [0.717, 1.165) is 18.5 Å². The van der Waals surface area contributed by atoms with Crippen LogP contribution in [0.25, 0.3) is 0 Å². The van der Waals surface area contributed by atoms with E-state index in [9.17, 15) is 4.79 Å². The molecule has 2 aromatic rings. The summed E-state index contributed by atoms with van der Waals surface area (Å²) in [5.74, 6) is 0.0492. The van der Waals surface area contributed by atoms with Gasteiger partial charge in [-0.05, 0) is 55.6 Å². The van der Waals surface area contributed by atoms with Crippen LogP contribution >= 0.6 is 0 Å². The zero-order valence-electron chi connectivity index (χ0n) is 14.5. The van der Waals surface area contributed by atoms with E-state index < -0.39 is 0 Å². The molecule has 0 heterocycles. The van der Waals surface area contributed by atoms with Gasteiger partial charge in [0.1, 0.15) is 0 Å². The minimum atomic E-state index is 0.0492. The molecule has 2 rings (SSSR count). The van der Waals surface area contributed by atoms with Crippen LogP contribution in [0.2, 0.25) is 0 Å². The van der Waals surface area contributed by atoms with E-state index in [1.54, 1.807) is 19.0 Å². The lowest BCUT2D eigenvalue weighted by molar-refractivity contribution is 0.0827. The van der Waals surface area contributed by atoms with Crippen molar-refractivity contribution in [3.05, 3.63) is 70.8 Å². The maximum Gasteiger partial charge on any atom is 0.253 e. The van der Waals surface area contributed by atoms with Crippen LogP contribution in [0.3, 0.4) is 0 Å². The quantitative estimate of drug-likeness (QED) is 0.884. The number of rotatable bonds is 6. The number of hydrogen-bond donors (Lipinski definition) is 1. The number of carbonyl (C=O) groups is 1. The second-order valence-electron chi connectivity index (χ2n) is 6.18. The molecule has 1 atom stereocenters. The van der Waals surface area contributed by atoms with Crippen LogP contribution in [0, 0.1) is 6.92 Å². The van der Waals surface area contributed by atoms with Gasteiger partial charge >= 0.3 is 0 Å². The van der Waals surface area contributed by atoms with Crippen molar-refractivity contribution in [3.63, 3.8) is 0 Å². The van der Waals surface area contributed by atoms with E-state index in [4.69, 9.17) is 0 Å². The molecule has 3 nitrogen and oxygen atoms in total. The van der Waals surface area contributed by atoms with Crippen LogP contribution in [0.1, 0.15) is 40.0 Å². The molecule has 0 bridgehead atoms. The van der Waals surface area contributed by atoms with Gasteiger partial charge in [0.05, 0.1) is 0 Å². The zero-order chi connectivity index (χ0) is 16.8. The second-order valence-corrected chi connectivity index (χ2v) is 6.18. The number of aryl methyl sites for hydroxylation is 1. The van der Waals surface area contributed by atoms with Gasteiger partial charge in [-0.15, -0.1) is 0 Å². The van der Waals surface area contributed by atoms with Crippen molar-refractivity contribution in [2.24, 2.45) is 0 Å². The van der Waals surface area contributed by atoms with E-state index in [2.05, 4.69) is 49.5 Å². The molecule has 0 saturated heterocycles. The fourth-order valence-electron chi connectivity index (χ4n) is 2.73. The molecule has 122 valence electrons. The molecule has 0 aliphatic heterocycles. The van der Waals surface area contributed by atoms with Crippen molar-refractivity contribution in [2.75, 3.05) is 20.6 Å². The van der Waals surface area contributed by atoms with Crippen molar-refractivity contribution in [2.45, 2.75) is 26.3 Å². The van der Waals surface area contributed by atoms with Crippen molar-refractivity contribution < 1.29 is 4.79 Å². The summed E-state index contributed by atoms with van der Waals surface area (Å²) in [6.45, 7) is 5.22. The standard InChI is InChI=1S/C20H26N2O/c1-15-8-5-6-11-19(15)16(2)21-13-12-17-9-7-10-18(14-17)20(23)22(3)4/h5-11,14,16,21H,12-13H2,1-4H3/t16-/m1/s1. The Morgan fingerprint density at radius 1 is 1.13 bits per heavy atom. The highest BCUT2D eigenvalue weighted by Crippen LogP contribution is 2.16. The Labute approximate surface area is 139 Å². The molecule has 0 radical (unpaired) electrons. The predicted octanol–water partition coefficient (Wildman–Crippen LogP) is 3.59. The molecular formula is C20H26N2O. The minimum absolute atomic E-state index is 0.0492. The molecule has 2 aromatic carbocycles. The Morgan fingerprint density at radius 2 is 1.87 bits per heavy atom. The molecule has 1 amide bonds. The van der Waals surface area contributed by atoms with Crippen LogP contribution in [-0.2, 0) is 6.42 Å². The first-order valence-electron chi connectivity index (χ1n) is 8.08. The average molecular weight is 310 g/mol. The molecule has 3 heteroatoms. The maximum atomic E-state index is 12.0. The first-order valence-corrected chi connectivity index (χ1v) is 8.08. The second kappa shape index (κ2) is 7.93. The molecule has 0 unspecified atom stereocenters. The number of amides is 1. The molecule has 0 aromatic heterocycles. The fraction of sp³-hybridized carbons (Fsp3) is 0.350. The topological polar surface area (TPSA) is 32.3 Å². The van der Waals surface area contributed by atoms with Crippen LogP contribution < -0.4 is 5.32 Å². The van der Waals surface area contributed by atoms with Crippen molar-refractivity contribution in [1.82, 2.24) is 10.2 Å². The SMILES string of the molecule is Cc1ccccc1[C@@H](C)NCCc1cccc(C(=O)N(C)C)c1. The largest absolute Gasteiger partial charge is 0.345 e. The van der Waals surface area contributed by atoms with Gasteiger partial charge in [-0.3, -0.25) is 4.79 Å². The summed E-state index contributed by atoms with van der Waals surface area (Å²) in [6.07, 6.45) is 0.908. The van der Waals surface area contributed by atoms with E-state index in [0.29, 0.717) is 6.04 Å². The number of benzene rings is 2. The van der Waals surface area contributed by atoms with Crippen molar-refractivity contribution in [1.29, 1.82) is 0 Å². The molecule has 0 fully saturated rings. The zero-order valence-corrected chi connectivity index (χ0v) is 14.5. The molecule has 23 heavy (non-hydrogen) atoms. The number of hydrogen-bond acceptors (Lipinski definition) is 2. The molecule has 0 aliphatic rings. The monoisotopic (exact) mass is 310 g/mol. The molecular weight excluding hydrogens is 284 g/mol. The van der Waals surface area contributed by atoms with Gasteiger partial charge < -0.3 is 10.2 Å². The lowest BCUT2D eigenvalue weighted by Gasteiger charge is -2.17. The van der Waals surface area contributed by atoms with Gasteiger partial charge in [-0.2, -0.15) is 0 Å². The first-order chi connectivity index (χ1) is 11.0. The molecule has 0 saturated carbocycles. The maximum absolute atomic E-state index is 12.0. The Hall–Kier alpha value is -2.13. The van der Waals surface area contributed by atoms with E-state index in [-0.39, 0.29) is 5.91 Å². The molecule has 0 aliphatic carbocycles. The summed E-state index contributed by atoms with van der Waals surface area (Å²) in [4.78, 5) is 13.6. The summed E-state index contributed by atoms with van der Waals surface area (Å²) in [5, 5.41) is 3.56. The van der Waals surface area contributed by atoms with E-state index >= 15 is 0 Å². The summed E-state index contributed by atoms with van der Waals surface area (Å²) < 4.78 is 0. The van der Waals surface area contributed by atoms with Crippen LogP contribution in [0.5, 0.6) is 0 Å². The highest BCUT2D eigenvalue weighted by molar-refractivity contribution is 5.94. The highest BCUT2D eigenvalue weighted by Gasteiger charge is 2.09. The Morgan fingerprint density at radius 3 is 2.57 bits per heavy atom. The Bertz CT molecular complexity index is 664. The first kappa shape index (κ1) is 17.2. The van der Waals surface area contributed by atoms with Gasteiger partial charge in [-0.1, -0.05) is 36.4 Å². The Kier molecular flexibility index (Phi) is 5.94. The lowest BCUT2D eigenvalue weighted by atomic mass is 10.0. The average Bonchev–Trinajstić information content (AvgIpc) is 2.54. The van der Waals surface area contributed by atoms with Crippen molar-refractivity contribution in [3.8, 4) is 0 Å². The van der Waals surface area contributed by atoms with E-state index in [1.165, 1.54) is 16.7 Å². The summed E-state index contributed by atoms with van der Waals surface area (Å²) >= 11 is 0. The number of nitrogens with one attached hydrogen (secondary N) is 1. The van der Waals surface area contributed by atoms with Crippen molar-refractivity contribution >= 4 is 5.91 Å². The third-order valence-corrected chi connectivity index (χ3v) is 4.10. The summed E-state index contributed by atoms with van der Waals surface area (Å²) in [7, 11) is 3.56. The number of nitrogens with zero attached hydrogens (tertiary/aromatic N) is 1. The third kappa shape index (κ3) is 4.67.